The summed E-state index contributed by atoms with van der Waals surface area (Å²) in [6.45, 7) is 24.8. The molecule has 1 saturated heterocycles. The van der Waals surface area contributed by atoms with E-state index >= 15 is 0 Å². The first-order chi connectivity index (χ1) is 16.9. The molecule has 0 aromatic heterocycles. The van der Waals surface area contributed by atoms with Crippen molar-refractivity contribution in [3.05, 3.63) is 54.1 Å². The Balaban J connectivity index is 0.00000227. The van der Waals surface area contributed by atoms with Crippen LogP contribution in [0.25, 0.3) is 0 Å². The van der Waals surface area contributed by atoms with Crippen LogP contribution in [-0.2, 0) is 0 Å². The number of benzene rings is 1. The number of nitrogens with one attached hydrogen (secondary N) is 2. The zero-order chi connectivity index (χ0) is 27.9. The standard InChI is InChI=1S/C25H37N5O.C3H8.C2H6/c1-9-11-22(26-8)18-12-13-20(23(31)14-18)21(10-2)29-28-17(3)27-19-15-24(4,5)30-25(6,7)16-19;1-3-2;1-2/h9-14,19,30-31H,2,15-16H2,1,3-8H3,(H,27,28);3H2,1-2H3;1-2H3/b11-9-,26-22?,29-21+;;. The smallest absolute Gasteiger partial charge is 0.125 e. The Morgan fingerprint density at radius 2 is 1.69 bits per heavy atom. The third-order valence-electron chi connectivity index (χ3n) is 5.21. The molecule has 0 bridgehead atoms. The lowest BCUT2D eigenvalue weighted by Gasteiger charge is -2.45. The predicted octanol–water partition coefficient (Wildman–Crippen LogP) is 7.04. The van der Waals surface area contributed by atoms with Crippen molar-refractivity contribution < 1.29 is 5.11 Å². The SMILES string of the molecule is C=C/C(=N\NC(C)=NC1CC(C)(C)NC(C)(C)C1)c1ccc(C(/C=C\C)=NC)cc1O.CC.CCC. The molecule has 6 heteroatoms. The third kappa shape index (κ3) is 11.3. The Hall–Kier alpha value is -2.73. The Bertz CT molecular complexity index is 923. The highest BCUT2D eigenvalue weighted by molar-refractivity contribution is 6.13. The highest BCUT2D eigenvalue weighted by atomic mass is 16.3. The maximum Gasteiger partial charge on any atom is 0.125 e. The number of aliphatic imine (C=N–C) groups is 2. The molecule has 0 aliphatic carbocycles. The van der Waals surface area contributed by atoms with Gasteiger partial charge in [-0.05, 0) is 78.7 Å². The predicted molar refractivity (Wildman–Crippen MR) is 160 cm³/mol. The van der Waals surface area contributed by atoms with Gasteiger partial charge in [-0.15, -0.1) is 0 Å². The van der Waals surface area contributed by atoms with Crippen molar-refractivity contribution >= 4 is 17.3 Å². The molecule has 202 valence electrons. The van der Waals surface area contributed by atoms with Crippen LogP contribution in [0.5, 0.6) is 5.75 Å². The van der Waals surface area contributed by atoms with E-state index in [9.17, 15) is 5.11 Å². The summed E-state index contributed by atoms with van der Waals surface area (Å²) in [4.78, 5) is 9.11. The van der Waals surface area contributed by atoms with E-state index in [4.69, 9.17) is 4.99 Å². The van der Waals surface area contributed by atoms with Crippen molar-refractivity contribution in [2.24, 2.45) is 15.1 Å². The van der Waals surface area contributed by atoms with Crippen molar-refractivity contribution in [2.75, 3.05) is 7.05 Å². The molecule has 0 unspecified atom stereocenters. The summed E-state index contributed by atoms with van der Waals surface area (Å²) in [5, 5.41) is 18.7. The van der Waals surface area contributed by atoms with Gasteiger partial charge in [-0.2, -0.15) is 5.10 Å². The molecule has 6 nitrogen and oxygen atoms in total. The van der Waals surface area contributed by atoms with E-state index in [1.165, 1.54) is 6.42 Å². The maximum atomic E-state index is 10.6. The largest absolute Gasteiger partial charge is 0.507 e. The van der Waals surface area contributed by atoms with Crippen LogP contribution >= 0.6 is 0 Å². The van der Waals surface area contributed by atoms with E-state index in [1.54, 1.807) is 19.2 Å². The highest BCUT2D eigenvalue weighted by Crippen LogP contribution is 2.30. The number of hydrogen-bond acceptors (Lipinski definition) is 5. The van der Waals surface area contributed by atoms with E-state index in [1.807, 2.05) is 52.0 Å². The Labute approximate surface area is 220 Å². The molecule has 0 amide bonds. The molecule has 2 rings (SSSR count). The molecule has 1 fully saturated rings. The summed E-state index contributed by atoms with van der Waals surface area (Å²) >= 11 is 0. The fraction of sp³-hybridized carbons (Fsp3) is 0.567. The molecule has 0 radical (unpaired) electrons. The molecule has 1 heterocycles. The van der Waals surface area contributed by atoms with Gasteiger partial charge in [0.2, 0.25) is 0 Å². The van der Waals surface area contributed by atoms with E-state index in [0.29, 0.717) is 11.3 Å². The topological polar surface area (TPSA) is 81.4 Å². The number of rotatable bonds is 6. The summed E-state index contributed by atoms with van der Waals surface area (Å²) < 4.78 is 0. The van der Waals surface area contributed by atoms with Crippen LogP contribution in [-0.4, -0.2) is 46.5 Å². The number of hydrogen-bond donors (Lipinski definition) is 3. The van der Waals surface area contributed by atoms with Gasteiger partial charge in [0.25, 0.3) is 0 Å². The van der Waals surface area contributed by atoms with Crippen LogP contribution in [0.2, 0.25) is 0 Å². The maximum absolute atomic E-state index is 10.6. The van der Waals surface area contributed by atoms with Gasteiger partial charge in [0.1, 0.15) is 11.6 Å². The number of phenols is 1. The first-order valence-electron chi connectivity index (χ1n) is 13.1. The monoisotopic (exact) mass is 497 g/mol. The average Bonchev–Trinajstić information content (AvgIpc) is 2.78. The average molecular weight is 498 g/mol. The van der Waals surface area contributed by atoms with Crippen molar-refractivity contribution in [1.82, 2.24) is 10.7 Å². The highest BCUT2D eigenvalue weighted by Gasteiger charge is 2.37. The molecule has 1 aliphatic rings. The summed E-state index contributed by atoms with van der Waals surface area (Å²) in [5.74, 6) is 0.863. The fourth-order valence-corrected chi connectivity index (χ4v) is 4.38. The number of amidine groups is 1. The minimum atomic E-state index is 0.0346. The first kappa shape index (κ1) is 33.3. The number of aromatic hydroxyl groups is 1. The summed E-state index contributed by atoms with van der Waals surface area (Å²) in [6, 6.07) is 5.64. The quantitative estimate of drug-likeness (QED) is 0.224. The van der Waals surface area contributed by atoms with Crippen LogP contribution in [0.4, 0.5) is 0 Å². The number of hydrazone groups is 1. The van der Waals surface area contributed by atoms with Gasteiger partial charge in [-0.3, -0.25) is 15.4 Å². The zero-order valence-corrected chi connectivity index (χ0v) is 24.7. The van der Waals surface area contributed by atoms with Gasteiger partial charge < -0.3 is 10.4 Å². The lowest BCUT2D eigenvalue weighted by molar-refractivity contribution is 0.164. The van der Waals surface area contributed by atoms with Crippen molar-refractivity contribution in [3.8, 4) is 5.75 Å². The summed E-state index contributed by atoms with van der Waals surface area (Å²) in [5.41, 5.74) is 5.88. The second-order valence-electron chi connectivity index (χ2n) is 10.0. The van der Waals surface area contributed by atoms with E-state index in [-0.39, 0.29) is 22.9 Å². The molecule has 0 saturated carbocycles. The second-order valence-corrected chi connectivity index (χ2v) is 10.0. The van der Waals surface area contributed by atoms with Crippen molar-refractivity contribution in [2.45, 2.75) is 106 Å². The minimum Gasteiger partial charge on any atom is -0.507 e. The fourth-order valence-electron chi connectivity index (χ4n) is 4.38. The zero-order valence-electron chi connectivity index (χ0n) is 24.7. The van der Waals surface area contributed by atoms with Gasteiger partial charge in [0, 0.05) is 29.3 Å². The van der Waals surface area contributed by atoms with Gasteiger partial charge in [0.15, 0.2) is 0 Å². The second kappa shape index (κ2) is 16.1. The minimum absolute atomic E-state index is 0.0346. The molecule has 3 N–H and O–H groups in total. The Morgan fingerprint density at radius 1 is 1.14 bits per heavy atom. The lowest BCUT2D eigenvalue weighted by Crippen LogP contribution is -2.59. The van der Waals surface area contributed by atoms with Crippen LogP contribution < -0.4 is 10.7 Å². The first-order valence-corrected chi connectivity index (χ1v) is 13.1. The lowest BCUT2D eigenvalue weighted by atomic mass is 9.80. The molecule has 36 heavy (non-hydrogen) atoms. The van der Waals surface area contributed by atoms with Crippen LogP contribution in [0, 0.1) is 0 Å². The number of piperidine rings is 1. The van der Waals surface area contributed by atoms with E-state index in [2.05, 4.69) is 69.0 Å². The van der Waals surface area contributed by atoms with Gasteiger partial charge in [0.05, 0.1) is 17.5 Å². The Morgan fingerprint density at radius 3 is 2.14 bits per heavy atom. The molecular weight excluding hydrogens is 446 g/mol. The summed E-state index contributed by atoms with van der Waals surface area (Å²) in [7, 11) is 1.73. The number of phenolic OH excluding ortho intramolecular Hbond substituents is 1. The molecule has 1 aromatic rings. The van der Waals surface area contributed by atoms with Crippen molar-refractivity contribution in [3.63, 3.8) is 0 Å². The van der Waals surface area contributed by atoms with Crippen LogP contribution in [0.15, 0.2) is 58.1 Å². The number of allylic oxidation sites excluding steroid dienone is 3. The molecule has 1 aromatic carbocycles. The van der Waals surface area contributed by atoms with E-state index < -0.39 is 0 Å². The molecule has 1 aliphatic heterocycles. The van der Waals surface area contributed by atoms with Gasteiger partial charge >= 0.3 is 0 Å². The number of nitrogens with zero attached hydrogens (tertiary/aromatic N) is 3. The van der Waals surface area contributed by atoms with Gasteiger partial charge in [-0.1, -0.05) is 52.8 Å². The normalized spacial score (nSPS) is 18.0. The van der Waals surface area contributed by atoms with E-state index in [0.717, 1.165) is 30.0 Å². The van der Waals surface area contributed by atoms with Crippen LogP contribution in [0.3, 0.4) is 0 Å². The van der Waals surface area contributed by atoms with Crippen LogP contribution in [0.1, 0.15) is 99.6 Å². The third-order valence-corrected chi connectivity index (χ3v) is 5.21. The molecule has 0 atom stereocenters. The summed E-state index contributed by atoms with van der Waals surface area (Å²) in [6.07, 6.45) is 8.61. The Kier molecular flexibility index (Phi) is 14.9. The van der Waals surface area contributed by atoms with Crippen molar-refractivity contribution in [1.29, 1.82) is 0 Å². The van der Waals surface area contributed by atoms with Gasteiger partial charge in [-0.25, -0.2) is 0 Å². The molecular formula is C30H51N5O. The molecule has 0 spiro atoms.